The number of fused-ring (bicyclic) bond motifs is 1. The molecule has 7 heteroatoms. The summed E-state index contributed by atoms with van der Waals surface area (Å²) in [4.78, 5) is 23.1. The molecule has 26 heavy (non-hydrogen) atoms. The molecule has 2 heterocycles. The molecule has 1 aliphatic heterocycles. The molecular weight excluding hydrogens is 338 g/mol. The monoisotopic (exact) mass is 354 g/mol. The summed E-state index contributed by atoms with van der Waals surface area (Å²) < 4.78 is 27.0. The van der Waals surface area contributed by atoms with E-state index < -0.39 is 17.5 Å². The summed E-state index contributed by atoms with van der Waals surface area (Å²) in [5.41, 5.74) is 0.794. The standard InChI is InChI=1S/C19H16F2N4O/c20-12-3-6-16(21)15(9-12)19(26)24-13-4-5-14-17(10-13)22-11-23-18(14)25-7-1-2-8-25/h3-6,9-11H,1-2,7-8H2,(H,24,26). The summed E-state index contributed by atoms with van der Waals surface area (Å²) in [5.74, 6) is -1.28. The second-order valence-electron chi connectivity index (χ2n) is 6.20. The van der Waals surface area contributed by atoms with Gasteiger partial charge in [0.05, 0.1) is 11.1 Å². The number of benzene rings is 2. The van der Waals surface area contributed by atoms with Crippen LogP contribution in [0.25, 0.3) is 10.9 Å². The van der Waals surface area contributed by atoms with Gasteiger partial charge in [-0.25, -0.2) is 18.7 Å². The third-order valence-electron chi connectivity index (χ3n) is 4.45. The molecule has 0 saturated carbocycles. The van der Waals surface area contributed by atoms with Gasteiger partial charge in [-0.15, -0.1) is 0 Å². The van der Waals surface area contributed by atoms with Crippen molar-refractivity contribution in [1.29, 1.82) is 0 Å². The zero-order chi connectivity index (χ0) is 18.1. The lowest BCUT2D eigenvalue weighted by molar-refractivity contribution is 0.102. The molecule has 1 N–H and O–H groups in total. The third-order valence-corrected chi connectivity index (χ3v) is 4.45. The normalized spacial score (nSPS) is 14.0. The Balaban J connectivity index is 1.63. The Hall–Kier alpha value is -3.09. The van der Waals surface area contributed by atoms with Crippen molar-refractivity contribution in [1.82, 2.24) is 9.97 Å². The summed E-state index contributed by atoms with van der Waals surface area (Å²) in [5, 5.41) is 3.48. The van der Waals surface area contributed by atoms with Crippen molar-refractivity contribution in [3.63, 3.8) is 0 Å². The maximum absolute atomic E-state index is 13.7. The molecular formula is C19H16F2N4O. The molecule has 0 bridgehead atoms. The second kappa shape index (κ2) is 6.67. The molecule has 4 rings (SSSR count). The van der Waals surface area contributed by atoms with E-state index in [1.165, 1.54) is 6.33 Å². The largest absolute Gasteiger partial charge is 0.356 e. The van der Waals surface area contributed by atoms with Gasteiger partial charge >= 0.3 is 0 Å². The Morgan fingerprint density at radius 1 is 1.04 bits per heavy atom. The van der Waals surface area contributed by atoms with E-state index >= 15 is 0 Å². The number of hydrogen-bond donors (Lipinski definition) is 1. The third kappa shape index (κ3) is 3.08. The number of aromatic nitrogens is 2. The zero-order valence-corrected chi connectivity index (χ0v) is 13.9. The first-order chi connectivity index (χ1) is 12.6. The first kappa shape index (κ1) is 16.4. The van der Waals surface area contributed by atoms with Gasteiger partial charge in [0.15, 0.2) is 0 Å². The highest BCUT2D eigenvalue weighted by molar-refractivity contribution is 6.05. The lowest BCUT2D eigenvalue weighted by Crippen LogP contribution is -2.19. The minimum Gasteiger partial charge on any atom is -0.356 e. The number of hydrogen-bond acceptors (Lipinski definition) is 4. The molecule has 2 aromatic carbocycles. The number of carbonyl (C=O) groups excluding carboxylic acids is 1. The van der Waals surface area contributed by atoms with Crippen molar-refractivity contribution in [2.45, 2.75) is 12.8 Å². The van der Waals surface area contributed by atoms with Crippen LogP contribution < -0.4 is 10.2 Å². The van der Waals surface area contributed by atoms with E-state index in [0.717, 1.165) is 55.3 Å². The Labute approximate surface area is 148 Å². The second-order valence-corrected chi connectivity index (χ2v) is 6.20. The first-order valence-electron chi connectivity index (χ1n) is 8.38. The van der Waals surface area contributed by atoms with E-state index in [4.69, 9.17) is 0 Å². The van der Waals surface area contributed by atoms with Gasteiger partial charge in [0, 0.05) is 24.2 Å². The van der Waals surface area contributed by atoms with E-state index in [-0.39, 0.29) is 5.56 Å². The Morgan fingerprint density at radius 2 is 1.85 bits per heavy atom. The van der Waals surface area contributed by atoms with Gasteiger partial charge in [-0.05, 0) is 49.2 Å². The minimum atomic E-state index is -0.775. The van der Waals surface area contributed by atoms with Crippen LogP contribution in [0.3, 0.4) is 0 Å². The van der Waals surface area contributed by atoms with Crippen LogP contribution in [0.5, 0.6) is 0 Å². The molecule has 0 unspecified atom stereocenters. The predicted octanol–water partition coefficient (Wildman–Crippen LogP) is 3.76. The first-order valence-corrected chi connectivity index (χ1v) is 8.38. The molecule has 1 aliphatic rings. The predicted molar refractivity (Wildman–Crippen MR) is 95.3 cm³/mol. The fraction of sp³-hybridized carbons (Fsp3) is 0.211. The van der Waals surface area contributed by atoms with Gasteiger partial charge in [-0.1, -0.05) is 0 Å². The zero-order valence-electron chi connectivity index (χ0n) is 13.9. The molecule has 0 radical (unpaired) electrons. The SMILES string of the molecule is O=C(Nc1ccc2c(N3CCCC3)ncnc2c1)c1cc(F)ccc1F. The van der Waals surface area contributed by atoms with Crippen LogP contribution in [0, 0.1) is 11.6 Å². The highest BCUT2D eigenvalue weighted by Crippen LogP contribution is 2.28. The van der Waals surface area contributed by atoms with Gasteiger partial charge in [0.2, 0.25) is 0 Å². The van der Waals surface area contributed by atoms with E-state index in [1.54, 1.807) is 12.1 Å². The molecule has 1 saturated heterocycles. The summed E-state index contributed by atoms with van der Waals surface area (Å²) >= 11 is 0. The van der Waals surface area contributed by atoms with Gasteiger partial charge in [-0.3, -0.25) is 4.79 Å². The number of rotatable bonds is 3. The maximum atomic E-state index is 13.7. The van der Waals surface area contributed by atoms with Gasteiger partial charge in [0.25, 0.3) is 5.91 Å². The molecule has 0 aliphatic carbocycles. The van der Waals surface area contributed by atoms with Crippen LogP contribution in [0.1, 0.15) is 23.2 Å². The van der Waals surface area contributed by atoms with Crippen molar-refractivity contribution < 1.29 is 13.6 Å². The Bertz CT molecular complexity index is 986. The summed E-state index contributed by atoms with van der Waals surface area (Å²) in [6.07, 6.45) is 3.77. The number of amides is 1. The Morgan fingerprint density at radius 3 is 2.65 bits per heavy atom. The fourth-order valence-electron chi connectivity index (χ4n) is 3.17. The van der Waals surface area contributed by atoms with Gasteiger partial charge in [-0.2, -0.15) is 0 Å². The van der Waals surface area contributed by atoms with Crippen molar-refractivity contribution in [2.75, 3.05) is 23.3 Å². The van der Waals surface area contributed by atoms with Crippen LogP contribution in [0.2, 0.25) is 0 Å². The van der Waals surface area contributed by atoms with Crippen LogP contribution in [0.15, 0.2) is 42.7 Å². The molecule has 3 aromatic rings. The van der Waals surface area contributed by atoms with Crippen LogP contribution in [-0.2, 0) is 0 Å². The minimum absolute atomic E-state index is 0.342. The number of carbonyl (C=O) groups is 1. The van der Waals surface area contributed by atoms with E-state index in [0.29, 0.717) is 11.2 Å². The van der Waals surface area contributed by atoms with E-state index in [2.05, 4.69) is 20.2 Å². The molecule has 1 aromatic heterocycles. The molecule has 132 valence electrons. The topological polar surface area (TPSA) is 58.1 Å². The quantitative estimate of drug-likeness (QED) is 0.778. The molecule has 0 spiro atoms. The lowest BCUT2D eigenvalue weighted by atomic mass is 10.1. The van der Waals surface area contributed by atoms with E-state index in [9.17, 15) is 13.6 Å². The van der Waals surface area contributed by atoms with Gasteiger partial charge in [0.1, 0.15) is 23.8 Å². The summed E-state index contributed by atoms with van der Waals surface area (Å²) in [7, 11) is 0. The number of anilines is 2. The molecule has 0 atom stereocenters. The highest BCUT2D eigenvalue weighted by atomic mass is 19.1. The van der Waals surface area contributed by atoms with Crippen LogP contribution >= 0.6 is 0 Å². The van der Waals surface area contributed by atoms with Crippen molar-refractivity contribution in [2.24, 2.45) is 0 Å². The van der Waals surface area contributed by atoms with Crippen LogP contribution in [-0.4, -0.2) is 29.0 Å². The highest BCUT2D eigenvalue weighted by Gasteiger charge is 2.17. The van der Waals surface area contributed by atoms with Crippen molar-refractivity contribution in [3.05, 3.63) is 59.9 Å². The molecule has 1 fully saturated rings. The summed E-state index contributed by atoms with van der Waals surface area (Å²) in [6.45, 7) is 1.92. The van der Waals surface area contributed by atoms with Crippen molar-refractivity contribution in [3.8, 4) is 0 Å². The maximum Gasteiger partial charge on any atom is 0.258 e. The van der Waals surface area contributed by atoms with E-state index in [1.807, 2.05) is 6.07 Å². The molecule has 1 amide bonds. The Kier molecular flexibility index (Phi) is 4.20. The smallest absolute Gasteiger partial charge is 0.258 e. The average Bonchev–Trinajstić information content (AvgIpc) is 3.17. The number of nitrogens with zero attached hydrogens (tertiary/aromatic N) is 3. The lowest BCUT2D eigenvalue weighted by Gasteiger charge is -2.18. The summed E-state index contributed by atoms with van der Waals surface area (Å²) in [6, 6.07) is 8.02. The number of halogens is 2. The average molecular weight is 354 g/mol. The fourth-order valence-corrected chi connectivity index (χ4v) is 3.17. The van der Waals surface area contributed by atoms with Gasteiger partial charge < -0.3 is 10.2 Å². The number of nitrogens with one attached hydrogen (secondary N) is 1. The van der Waals surface area contributed by atoms with Crippen molar-refractivity contribution >= 4 is 28.3 Å². The molecule has 5 nitrogen and oxygen atoms in total. The van der Waals surface area contributed by atoms with Crippen LogP contribution in [0.4, 0.5) is 20.3 Å².